The van der Waals surface area contributed by atoms with Crippen LogP contribution in [-0.4, -0.2) is 34.4 Å². The Morgan fingerprint density at radius 2 is 1.44 bits per heavy atom. The molecule has 2 amide bonds. The summed E-state index contributed by atoms with van der Waals surface area (Å²) < 4.78 is 76.0. The van der Waals surface area contributed by atoms with Crippen LogP contribution < -0.4 is 10.6 Å². The van der Waals surface area contributed by atoms with Crippen LogP contribution >= 0.6 is 0 Å². The molecule has 0 radical (unpaired) electrons. The van der Waals surface area contributed by atoms with Crippen molar-refractivity contribution >= 4 is 17.7 Å². The molecule has 1 aromatic carbocycles. The molecule has 4 N–H and O–H groups in total. The first-order valence-corrected chi connectivity index (χ1v) is 6.43. The van der Waals surface area contributed by atoms with Gasteiger partial charge in [0.05, 0.1) is 17.7 Å². The zero-order valence-electron chi connectivity index (χ0n) is 12.4. The Bertz CT molecular complexity index is 637. The number of halogens is 6. The molecule has 1 unspecified atom stereocenters. The third kappa shape index (κ3) is 5.81. The minimum Gasteiger partial charge on any atom is -0.479 e. The number of amides is 2. The number of benzene rings is 1. The first kappa shape index (κ1) is 20.5. The number of carbonyl (C=O) groups excluding carboxylic acids is 1. The van der Waals surface area contributed by atoms with Gasteiger partial charge in [-0.15, -0.1) is 0 Å². The van der Waals surface area contributed by atoms with Gasteiger partial charge in [0, 0.05) is 5.69 Å². The third-order valence-corrected chi connectivity index (χ3v) is 2.90. The molecule has 140 valence electrons. The number of hydrogen-bond donors (Lipinski definition) is 4. The highest BCUT2D eigenvalue weighted by molar-refractivity contribution is 5.90. The Morgan fingerprint density at radius 3 is 1.80 bits per heavy atom. The van der Waals surface area contributed by atoms with E-state index in [-0.39, 0.29) is 18.2 Å². The van der Waals surface area contributed by atoms with E-state index in [1.165, 1.54) is 0 Å². The fourth-order valence-electron chi connectivity index (χ4n) is 1.53. The molecule has 0 aliphatic carbocycles. The second kappa shape index (κ2) is 6.78. The SMILES string of the molecule is CC(O)(CNC(=O)Nc1cc(C(F)(F)F)cc(C(F)(F)F)c1)C(=O)O. The van der Waals surface area contributed by atoms with E-state index >= 15 is 0 Å². The molecule has 12 heteroatoms. The summed E-state index contributed by atoms with van der Waals surface area (Å²) >= 11 is 0. The van der Waals surface area contributed by atoms with Crippen molar-refractivity contribution < 1.29 is 46.1 Å². The maximum absolute atomic E-state index is 12.7. The van der Waals surface area contributed by atoms with Crippen LogP contribution in [0.1, 0.15) is 18.1 Å². The quantitative estimate of drug-likeness (QED) is 0.609. The minimum absolute atomic E-state index is 0.113. The lowest BCUT2D eigenvalue weighted by molar-refractivity contribution is -0.155. The summed E-state index contributed by atoms with van der Waals surface area (Å²) in [6.45, 7) is 0.000895. The van der Waals surface area contributed by atoms with Gasteiger partial charge in [-0.25, -0.2) is 9.59 Å². The normalized spacial score (nSPS) is 14.6. The van der Waals surface area contributed by atoms with Crippen LogP contribution in [0.25, 0.3) is 0 Å². The molecule has 0 aromatic heterocycles. The molecule has 0 spiro atoms. The zero-order valence-corrected chi connectivity index (χ0v) is 12.4. The number of carboxylic acids is 1. The average Bonchev–Trinajstić information content (AvgIpc) is 2.43. The Balaban J connectivity index is 3.01. The van der Waals surface area contributed by atoms with Crippen molar-refractivity contribution in [1.82, 2.24) is 5.32 Å². The molecule has 0 aliphatic rings. The van der Waals surface area contributed by atoms with Gasteiger partial charge in [-0.1, -0.05) is 0 Å². The fraction of sp³-hybridized carbons (Fsp3) is 0.385. The first-order chi connectivity index (χ1) is 11.1. The van der Waals surface area contributed by atoms with Crippen LogP contribution in [-0.2, 0) is 17.1 Å². The standard InChI is InChI=1S/C13H12F6N2O4/c1-11(25,9(22)23)5-20-10(24)21-8-3-6(12(14,15)16)2-7(4-8)13(17,18)19/h2-4,25H,5H2,1H3,(H,22,23)(H2,20,21,24). The Morgan fingerprint density at radius 1 is 1.00 bits per heavy atom. The van der Waals surface area contributed by atoms with Crippen molar-refractivity contribution in [2.45, 2.75) is 24.9 Å². The molecule has 0 aliphatic heterocycles. The molecular weight excluding hydrogens is 362 g/mol. The fourth-order valence-corrected chi connectivity index (χ4v) is 1.53. The van der Waals surface area contributed by atoms with E-state index in [1.54, 1.807) is 5.32 Å². The summed E-state index contributed by atoms with van der Waals surface area (Å²) in [5.41, 5.74) is -6.44. The van der Waals surface area contributed by atoms with Gasteiger partial charge in [-0.05, 0) is 25.1 Å². The van der Waals surface area contributed by atoms with Crippen molar-refractivity contribution in [2.75, 3.05) is 11.9 Å². The van der Waals surface area contributed by atoms with Gasteiger partial charge < -0.3 is 20.8 Å². The van der Waals surface area contributed by atoms with Gasteiger partial charge in [0.1, 0.15) is 0 Å². The molecule has 25 heavy (non-hydrogen) atoms. The number of urea groups is 1. The lowest BCUT2D eigenvalue weighted by Crippen LogP contribution is -2.47. The lowest BCUT2D eigenvalue weighted by Gasteiger charge is -2.19. The number of alkyl halides is 6. The lowest BCUT2D eigenvalue weighted by atomic mass is 10.1. The second-order valence-electron chi connectivity index (χ2n) is 5.18. The van der Waals surface area contributed by atoms with Crippen LogP contribution in [0.2, 0.25) is 0 Å². The van der Waals surface area contributed by atoms with Crippen LogP contribution in [0.5, 0.6) is 0 Å². The molecule has 0 saturated heterocycles. The number of nitrogens with one attached hydrogen (secondary N) is 2. The van der Waals surface area contributed by atoms with E-state index in [1.807, 2.05) is 5.32 Å². The topological polar surface area (TPSA) is 98.7 Å². The summed E-state index contributed by atoms with van der Waals surface area (Å²) in [4.78, 5) is 22.1. The van der Waals surface area contributed by atoms with Crippen molar-refractivity contribution in [3.8, 4) is 0 Å². The van der Waals surface area contributed by atoms with E-state index < -0.39 is 53.3 Å². The van der Waals surface area contributed by atoms with Crippen molar-refractivity contribution in [2.24, 2.45) is 0 Å². The third-order valence-electron chi connectivity index (χ3n) is 2.90. The Hall–Kier alpha value is -2.50. The smallest absolute Gasteiger partial charge is 0.416 e. The second-order valence-corrected chi connectivity index (χ2v) is 5.18. The Labute approximate surface area is 136 Å². The molecule has 1 aromatic rings. The number of carbonyl (C=O) groups is 2. The molecule has 0 bridgehead atoms. The molecule has 1 atom stereocenters. The van der Waals surface area contributed by atoms with Gasteiger partial charge in [-0.3, -0.25) is 0 Å². The first-order valence-electron chi connectivity index (χ1n) is 6.43. The van der Waals surface area contributed by atoms with Gasteiger partial charge in [0.25, 0.3) is 0 Å². The highest BCUT2D eigenvalue weighted by Crippen LogP contribution is 2.37. The van der Waals surface area contributed by atoms with Crippen LogP contribution in [0.4, 0.5) is 36.8 Å². The Kier molecular flexibility index (Phi) is 5.57. The summed E-state index contributed by atoms with van der Waals surface area (Å²) in [5, 5.41) is 21.5. The number of aliphatic carboxylic acids is 1. The van der Waals surface area contributed by atoms with E-state index in [9.17, 15) is 41.0 Å². The molecule has 0 fully saturated rings. The van der Waals surface area contributed by atoms with Crippen molar-refractivity contribution in [1.29, 1.82) is 0 Å². The van der Waals surface area contributed by atoms with Gasteiger partial charge in [0.2, 0.25) is 0 Å². The minimum atomic E-state index is -5.08. The summed E-state index contributed by atoms with van der Waals surface area (Å²) in [6.07, 6.45) is -10.2. The molecule has 1 rings (SSSR count). The average molecular weight is 374 g/mol. The molecule has 0 heterocycles. The van der Waals surface area contributed by atoms with Gasteiger partial charge in [0.15, 0.2) is 5.60 Å². The largest absolute Gasteiger partial charge is 0.479 e. The monoisotopic (exact) mass is 374 g/mol. The van der Waals surface area contributed by atoms with E-state index in [0.29, 0.717) is 0 Å². The van der Waals surface area contributed by atoms with Crippen LogP contribution in [0.15, 0.2) is 18.2 Å². The van der Waals surface area contributed by atoms with E-state index in [2.05, 4.69) is 0 Å². The number of anilines is 1. The van der Waals surface area contributed by atoms with Crippen LogP contribution in [0, 0.1) is 0 Å². The highest BCUT2D eigenvalue weighted by atomic mass is 19.4. The zero-order chi connectivity index (χ0) is 19.6. The molecule has 0 saturated carbocycles. The van der Waals surface area contributed by atoms with E-state index in [0.717, 1.165) is 6.92 Å². The van der Waals surface area contributed by atoms with Crippen molar-refractivity contribution in [3.63, 3.8) is 0 Å². The maximum atomic E-state index is 12.7. The molecular formula is C13H12F6N2O4. The maximum Gasteiger partial charge on any atom is 0.416 e. The number of carboxylic acid groups (broad SMARTS) is 1. The number of hydrogen-bond acceptors (Lipinski definition) is 3. The summed E-state index contributed by atoms with van der Waals surface area (Å²) in [6, 6.07) is -0.846. The summed E-state index contributed by atoms with van der Waals surface area (Å²) in [7, 11) is 0. The highest BCUT2D eigenvalue weighted by Gasteiger charge is 2.37. The van der Waals surface area contributed by atoms with Gasteiger partial charge in [-0.2, -0.15) is 26.3 Å². The summed E-state index contributed by atoms with van der Waals surface area (Å²) in [5.74, 6) is -1.69. The number of aliphatic hydroxyl groups is 1. The molecule has 6 nitrogen and oxygen atoms in total. The number of rotatable bonds is 4. The predicted molar refractivity (Wildman–Crippen MR) is 71.7 cm³/mol. The van der Waals surface area contributed by atoms with Crippen LogP contribution in [0.3, 0.4) is 0 Å². The van der Waals surface area contributed by atoms with Gasteiger partial charge >= 0.3 is 24.4 Å². The van der Waals surface area contributed by atoms with Crippen molar-refractivity contribution in [3.05, 3.63) is 29.3 Å². The predicted octanol–water partition coefficient (Wildman–Crippen LogP) is 2.68. The van der Waals surface area contributed by atoms with E-state index in [4.69, 9.17) is 5.11 Å².